The minimum atomic E-state index is 0.660. The molecule has 0 aliphatic carbocycles. The van der Waals surface area contributed by atoms with E-state index in [1.54, 1.807) is 7.11 Å². The van der Waals surface area contributed by atoms with E-state index in [2.05, 4.69) is 0 Å². The number of rotatable bonds is 4. The van der Waals surface area contributed by atoms with Crippen LogP contribution in [0, 0.1) is 20.8 Å². The van der Waals surface area contributed by atoms with Crippen LogP contribution in [-0.2, 0) is 6.42 Å². The Morgan fingerprint density at radius 3 is 2.19 bits per heavy atom. The summed E-state index contributed by atoms with van der Waals surface area (Å²) >= 11 is 12.0. The van der Waals surface area contributed by atoms with Crippen LogP contribution in [0.25, 0.3) is 0 Å². The van der Waals surface area contributed by atoms with Gasteiger partial charge in [0.25, 0.3) is 0 Å². The summed E-state index contributed by atoms with van der Waals surface area (Å²) in [5.41, 5.74) is 4.54. The number of halogens is 2. The van der Waals surface area contributed by atoms with E-state index >= 15 is 0 Å². The van der Waals surface area contributed by atoms with Crippen molar-refractivity contribution in [2.45, 2.75) is 33.6 Å². The molecule has 0 atom stereocenters. The molecule has 1 aromatic rings. The molecule has 0 unspecified atom stereocenters. The Hall–Kier alpha value is -0.400. The largest absolute Gasteiger partial charge is 0.496 e. The van der Waals surface area contributed by atoms with Crippen LogP contribution in [0.1, 0.15) is 28.7 Å². The topological polar surface area (TPSA) is 9.23 Å². The lowest BCUT2D eigenvalue weighted by atomic mass is 9.96. The maximum absolute atomic E-state index is 6.31. The van der Waals surface area contributed by atoms with Gasteiger partial charge in [-0.15, -0.1) is 11.6 Å². The van der Waals surface area contributed by atoms with Gasteiger partial charge < -0.3 is 4.74 Å². The molecule has 0 amide bonds. The Morgan fingerprint density at radius 2 is 1.69 bits per heavy atom. The first-order valence-corrected chi connectivity index (χ1v) is 6.33. The molecule has 1 nitrogen and oxygen atoms in total. The third kappa shape index (κ3) is 2.46. The van der Waals surface area contributed by atoms with Crippen LogP contribution in [0.5, 0.6) is 5.75 Å². The molecule has 0 heterocycles. The minimum Gasteiger partial charge on any atom is -0.496 e. The Kier molecular flexibility index (Phi) is 4.94. The number of hydrogen-bond donors (Lipinski definition) is 0. The average molecular weight is 261 g/mol. The molecule has 16 heavy (non-hydrogen) atoms. The molecule has 0 N–H and O–H groups in total. The van der Waals surface area contributed by atoms with Crippen molar-refractivity contribution in [2.75, 3.05) is 13.0 Å². The molecule has 90 valence electrons. The lowest BCUT2D eigenvalue weighted by Crippen LogP contribution is -2.02. The molecule has 0 bridgehead atoms. The highest BCUT2D eigenvalue weighted by Crippen LogP contribution is 2.36. The number of ether oxygens (including phenoxy) is 1. The molecule has 0 aromatic heterocycles. The highest BCUT2D eigenvalue weighted by Gasteiger charge is 2.16. The van der Waals surface area contributed by atoms with Crippen molar-refractivity contribution in [1.29, 1.82) is 0 Å². The van der Waals surface area contributed by atoms with Crippen molar-refractivity contribution in [3.05, 3.63) is 27.3 Å². The Morgan fingerprint density at radius 1 is 1.06 bits per heavy atom. The van der Waals surface area contributed by atoms with E-state index in [1.807, 2.05) is 20.8 Å². The molecule has 0 radical (unpaired) electrons. The summed E-state index contributed by atoms with van der Waals surface area (Å²) in [4.78, 5) is 0. The normalized spacial score (nSPS) is 10.6. The first kappa shape index (κ1) is 13.7. The van der Waals surface area contributed by atoms with Gasteiger partial charge in [0.05, 0.1) is 7.11 Å². The van der Waals surface area contributed by atoms with E-state index in [9.17, 15) is 0 Å². The standard InChI is InChI=1S/C13H18Cl2O/c1-8-9(2)13(16-4)11(6-5-7-14)10(3)12(8)15/h5-7H2,1-4H3. The predicted molar refractivity (Wildman–Crippen MR) is 71.3 cm³/mol. The van der Waals surface area contributed by atoms with Crippen LogP contribution < -0.4 is 4.74 Å². The number of hydrogen-bond acceptors (Lipinski definition) is 1. The SMILES string of the molecule is COc1c(C)c(C)c(Cl)c(C)c1CCCCl. The highest BCUT2D eigenvalue weighted by atomic mass is 35.5. The fourth-order valence-corrected chi connectivity index (χ4v) is 2.36. The van der Waals surface area contributed by atoms with Crippen LogP contribution in [0.2, 0.25) is 5.02 Å². The summed E-state index contributed by atoms with van der Waals surface area (Å²) in [6.45, 7) is 6.11. The van der Waals surface area contributed by atoms with Crippen molar-refractivity contribution >= 4 is 23.2 Å². The van der Waals surface area contributed by atoms with Gasteiger partial charge in [0.15, 0.2) is 0 Å². The van der Waals surface area contributed by atoms with Gasteiger partial charge in [-0.2, -0.15) is 0 Å². The van der Waals surface area contributed by atoms with Gasteiger partial charge in [-0.05, 0) is 55.9 Å². The van der Waals surface area contributed by atoms with E-state index in [0.29, 0.717) is 5.88 Å². The van der Waals surface area contributed by atoms with E-state index in [4.69, 9.17) is 27.9 Å². The monoisotopic (exact) mass is 260 g/mol. The van der Waals surface area contributed by atoms with E-state index < -0.39 is 0 Å². The molecule has 0 aliphatic heterocycles. The fourth-order valence-electron chi connectivity index (χ4n) is 1.97. The molecule has 0 aliphatic rings. The van der Waals surface area contributed by atoms with Gasteiger partial charge in [-0.25, -0.2) is 0 Å². The van der Waals surface area contributed by atoms with E-state index in [-0.39, 0.29) is 0 Å². The van der Waals surface area contributed by atoms with Crippen LogP contribution >= 0.6 is 23.2 Å². The molecule has 0 saturated carbocycles. The summed E-state index contributed by atoms with van der Waals surface area (Å²) in [5.74, 6) is 1.62. The molecule has 3 heteroatoms. The lowest BCUT2D eigenvalue weighted by molar-refractivity contribution is 0.405. The number of benzene rings is 1. The van der Waals surface area contributed by atoms with Gasteiger partial charge in [-0.3, -0.25) is 0 Å². The molecule has 1 aromatic carbocycles. The van der Waals surface area contributed by atoms with Gasteiger partial charge in [0.1, 0.15) is 5.75 Å². The Bertz CT molecular complexity index is 386. The molecular weight excluding hydrogens is 243 g/mol. The van der Waals surface area contributed by atoms with Crippen LogP contribution in [0.4, 0.5) is 0 Å². The van der Waals surface area contributed by atoms with Crippen molar-refractivity contribution in [3.8, 4) is 5.75 Å². The maximum Gasteiger partial charge on any atom is 0.125 e. The lowest BCUT2D eigenvalue weighted by Gasteiger charge is -2.18. The minimum absolute atomic E-state index is 0.660. The molecular formula is C13H18Cl2O. The highest BCUT2D eigenvalue weighted by molar-refractivity contribution is 6.32. The summed E-state index contributed by atoms with van der Waals surface area (Å²) < 4.78 is 5.49. The first-order valence-electron chi connectivity index (χ1n) is 5.42. The summed E-state index contributed by atoms with van der Waals surface area (Å²) in [6, 6.07) is 0. The van der Waals surface area contributed by atoms with Gasteiger partial charge >= 0.3 is 0 Å². The zero-order valence-corrected chi connectivity index (χ0v) is 11.8. The third-order valence-electron chi connectivity index (χ3n) is 3.05. The summed E-state index contributed by atoms with van der Waals surface area (Å²) in [6.07, 6.45) is 1.86. The van der Waals surface area contributed by atoms with Gasteiger partial charge in [-0.1, -0.05) is 11.6 Å². The van der Waals surface area contributed by atoms with Crippen molar-refractivity contribution in [2.24, 2.45) is 0 Å². The molecule has 1 rings (SSSR count). The first-order chi connectivity index (χ1) is 7.54. The third-order valence-corrected chi connectivity index (χ3v) is 3.89. The number of methoxy groups -OCH3 is 1. The summed E-state index contributed by atoms with van der Waals surface area (Å²) in [5, 5.41) is 0.850. The zero-order valence-electron chi connectivity index (χ0n) is 10.3. The Labute approximate surface area is 108 Å². The van der Waals surface area contributed by atoms with Crippen LogP contribution in [-0.4, -0.2) is 13.0 Å². The van der Waals surface area contributed by atoms with Crippen LogP contribution in [0.15, 0.2) is 0 Å². The molecule has 0 saturated heterocycles. The van der Waals surface area contributed by atoms with Gasteiger partial charge in [0.2, 0.25) is 0 Å². The smallest absolute Gasteiger partial charge is 0.125 e. The predicted octanol–water partition coefficient (Wildman–Crippen LogP) is 4.45. The molecule has 0 fully saturated rings. The quantitative estimate of drug-likeness (QED) is 0.728. The number of alkyl halides is 1. The zero-order chi connectivity index (χ0) is 12.3. The second-order valence-electron chi connectivity index (χ2n) is 3.99. The maximum atomic E-state index is 6.31. The summed E-state index contributed by atoms with van der Waals surface area (Å²) in [7, 11) is 1.71. The second kappa shape index (κ2) is 5.79. The fraction of sp³-hybridized carbons (Fsp3) is 0.538. The van der Waals surface area contributed by atoms with E-state index in [1.165, 1.54) is 5.56 Å². The second-order valence-corrected chi connectivity index (χ2v) is 4.75. The van der Waals surface area contributed by atoms with Crippen molar-refractivity contribution in [3.63, 3.8) is 0 Å². The van der Waals surface area contributed by atoms with Crippen molar-refractivity contribution in [1.82, 2.24) is 0 Å². The Balaban J connectivity index is 3.33. The molecule has 0 spiro atoms. The van der Waals surface area contributed by atoms with Gasteiger partial charge in [0, 0.05) is 10.9 Å². The average Bonchev–Trinajstić information content (AvgIpc) is 2.29. The van der Waals surface area contributed by atoms with Crippen molar-refractivity contribution < 1.29 is 4.74 Å². The van der Waals surface area contributed by atoms with E-state index in [0.717, 1.165) is 40.3 Å². The van der Waals surface area contributed by atoms with Crippen LogP contribution in [0.3, 0.4) is 0 Å².